The van der Waals surface area contributed by atoms with E-state index in [2.05, 4.69) is 26.9 Å². The second kappa shape index (κ2) is 32.8. The second-order valence-electron chi connectivity index (χ2n) is 21.7. The standard InChI is InChI=1S/C23H25N5O5.C19H25N5O4.C16H28O2.CH4O3S.ClH.2H2O/c1-30-18-11-14-15(12-19(18)31-2)25-23(26-21(14)24)28-9-7-27(8-10-28)22(29)20-13-32-16-5-3-4-6-17(16)33-20;1-26-15-10-12-13(11-16(15)27-2)21-19(22-17(12)20)24-7-5-23(6-8-24)18(25)14-4-3-9-28-14;1-3-15(18-2)7-5-4-6-12-8-9-13-10-14(17)11-16(12)13;1-5(2,3)4;;;/h3-6,11-12,20H,7-10,13H2,1-2H3,(H2,24,25,26);10-11,14H,3-9H2,1-2H3,(H2,20,21,22);12-13,15-16H,3-11H2,1-2H3;1H3,(H,2,3,4);1H;2*1H2. The van der Waals surface area contributed by atoms with Gasteiger partial charge in [-0.1, -0.05) is 38.3 Å². The van der Waals surface area contributed by atoms with Crippen molar-refractivity contribution in [2.45, 2.75) is 95.9 Å². The van der Waals surface area contributed by atoms with Crippen molar-refractivity contribution in [1.29, 1.82) is 0 Å². The third-order valence-electron chi connectivity index (χ3n) is 16.4. The van der Waals surface area contributed by atoms with E-state index in [4.69, 9.17) is 53.9 Å². The Morgan fingerprint density at radius 1 is 0.701 bits per heavy atom. The van der Waals surface area contributed by atoms with Gasteiger partial charge < -0.3 is 79.9 Å². The first-order valence-electron chi connectivity index (χ1n) is 28.8. The number of nitrogen functional groups attached to an aromatic ring is 2. The molecule has 3 aromatic carbocycles. The van der Waals surface area contributed by atoms with Crippen molar-refractivity contribution in [1.82, 2.24) is 29.7 Å². The lowest BCUT2D eigenvalue weighted by molar-refractivity contribution is -0.142. The van der Waals surface area contributed by atoms with Gasteiger partial charge in [-0.3, -0.25) is 18.9 Å². The number of nitrogens with zero attached hydrogens (tertiary/aromatic N) is 8. The van der Waals surface area contributed by atoms with Gasteiger partial charge in [-0.05, 0) is 80.5 Å². The summed E-state index contributed by atoms with van der Waals surface area (Å²) in [5.41, 5.74) is 13.8. The number of anilines is 4. The van der Waals surface area contributed by atoms with E-state index in [0.717, 1.165) is 49.9 Å². The molecule has 9 N–H and O–H groups in total. The number of ether oxygens (including phenoxy) is 8. The third-order valence-corrected chi connectivity index (χ3v) is 16.4. The fraction of sp³-hybridized carbons (Fsp3) is 0.576. The number of hydrogen-bond donors (Lipinski definition) is 3. The van der Waals surface area contributed by atoms with Crippen molar-refractivity contribution in [3.8, 4) is 34.5 Å². The van der Waals surface area contributed by atoms with Crippen LogP contribution in [-0.4, -0.2) is 197 Å². The van der Waals surface area contributed by atoms with Gasteiger partial charge in [-0.25, -0.2) is 9.97 Å². The fourth-order valence-electron chi connectivity index (χ4n) is 11.9. The average Bonchev–Trinajstić information content (AvgIpc) is 1.85. The smallest absolute Gasteiger partial charge is 0.267 e. The number of para-hydroxylation sites is 2. The Morgan fingerprint density at radius 2 is 1.20 bits per heavy atom. The van der Waals surface area contributed by atoms with Gasteiger partial charge in [0.1, 0.15) is 30.1 Å². The van der Waals surface area contributed by atoms with Crippen molar-refractivity contribution in [3.05, 3.63) is 48.5 Å². The number of piperazine rings is 2. The first kappa shape index (κ1) is 70.7. The average molecular weight is 1260 g/mol. The number of benzene rings is 3. The van der Waals surface area contributed by atoms with Crippen LogP contribution in [0.4, 0.5) is 23.5 Å². The van der Waals surface area contributed by atoms with Crippen LogP contribution in [0.2, 0.25) is 0 Å². The van der Waals surface area contributed by atoms with Crippen molar-refractivity contribution >= 4 is 85.5 Å². The molecular formula is C59H87ClN10O16S. The van der Waals surface area contributed by atoms with E-state index in [1.165, 1.54) is 38.5 Å². The second-order valence-corrected chi connectivity index (χ2v) is 23.2. The molecule has 11 rings (SSSR count). The summed E-state index contributed by atoms with van der Waals surface area (Å²) in [7, 11) is 4.45. The molecule has 6 heterocycles. The summed E-state index contributed by atoms with van der Waals surface area (Å²) in [5, 5.41) is 1.41. The maximum Gasteiger partial charge on any atom is 0.267 e. The van der Waals surface area contributed by atoms with E-state index in [1.54, 1.807) is 63.7 Å². The lowest BCUT2D eigenvalue weighted by Crippen LogP contribution is -2.54. The topological polar surface area (TPSA) is 359 Å². The number of carbonyl (C=O) groups is 3. The van der Waals surface area contributed by atoms with Crippen LogP contribution < -0.4 is 49.7 Å². The van der Waals surface area contributed by atoms with Crippen LogP contribution >= 0.6 is 12.4 Å². The molecule has 2 aromatic heterocycles. The van der Waals surface area contributed by atoms with Crippen LogP contribution in [0.3, 0.4) is 0 Å². The Balaban J connectivity index is 0.000000233. The molecule has 2 saturated carbocycles. The molecule has 2 amide bonds. The zero-order valence-corrected chi connectivity index (χ0v) is 52.4. The summed E-state index contributed by atoms with van der Waals surface area (Å²) in [6.45, 7) is 7.80. The molecule has 6 atom stereocenters. The molecule has 26 nitrogen and oxygen atoms in total. The summed E-state index contributed by atoms with van der Waals surface area (Å²) < 4.78 is 69.8. The highest BCUT2D eigenvalue weighted by atomic mass is 35.5. The first-order chi connectivity index (χ1) is 40.4. The minimum absolute atomic E-state index is 0. The van der Waals surface area contributed by atoms with E-state index >= 15 is 0 Å². The van der Waals surface area contributed by atoms with Crippen molar-refractivity contribution in [2.75, 3.05) is 129 Å². The zero-order valence-electron chi connectivity index (χ0n) is 50.7. The van der Waals surface area contributed by atoms with Crippen molar-refractivity contribution < 1.29 is 76.2 Å². The predicted molar refractivity (Wildman–Crippen MR) is 332 cm³/mol. The number of Topliss-reactive ketones (excluding diaryl/α,β-unsaturated/α-hetero) is 1. The van der Waals surface area contributed by atoms with Crippen LogP contribution in [0.25, 0.3) is 21.8 Å². The summed E-state index contributed by atoms with van der Waals surface area (Å²) in [6, 6.07) is 14.5. The van der Waals surface area contributed by atoms with Gasteiger partial charge in [0.2, 0.25) is 18.0 Å². The molecule has 2 aliphatic carbocycles. The number of fused-ring (bicyclic) bond motifs is 4. The largest absolute Gasteiger partial charge is 0.493 e. The van der Waals surface area contributed by atoms with Crippen molar-refractivity contribution in [3.63, 3.8) is 0 Å². The molecule has 28 heteroatoms. The molecule has 4 aliphatic heterocycles. The highest BCUT2D eigenvalue weighted by Crippen LogP contribution is 2.48. The molecule has 5 fully saturated rings. The van der Waals surface area contributed by atoms with Gasteiger partial charge in [0.25, 0.3) is 21.9 Å². The molecule has 0 radical (unpaired) electrons. The van der Waals surface area contributed by atoms with Crippen LogP contribution in [0.1, 0.15) is 77.6 Å². The zero-order chi connectivity index (χ0) is 60.1. The Hall–Kier alpha value is -7.01. The molecule has 0 spiro atoms. The molecular weight excluding hydrogens is 1170 g/mol. The Bertz CT molecular complexity index is 3170. The van der Waals surface area contributed by atoms with Crippen LogP contribution in [0, 0.1) is 17.8 Å². The third kappa shape index (κ3) is 18.3. The summed E-state index contributed by atoms with van der Waals surface area (Å²) in [5.74, 6) is 8.28. The van der Waals surface area contributed by atoms with E-state index in [9.17, 15) is 22.8 Å². The number of rotatable bonds is 15. The molecule has 3 saturated heterocycles. The van der Waals surface area contributed by atoms with Crippen LogP contribution in [-0.2, 0) is 34.0 Å². The van der Waals surface area contributed by atoms with E-state index in [1.807, 2.05) is 40.0 Å². The first-order valence-corrected chi connectivity index (χ1v) is 30.7. The minimum atomic E-state index is -3.67. The fourth-order valence-corrected chi connectivity index (χ4v) is 11.9. The maximum absolute atomic E-state index is 13.0. The molecule has 0 bridgehead atoms. The number of aromatic nitrogens is 4. The number of unbranched alkanes of at least 4 members (excludes halogenated alkanes) is 1. The predicted octanol–water partition coefficient (Wildman–Crippen LogP) is 5.03. The van der Waals surface area contributed by atoms with E-state index < -0.39 is 16.2 Å². The van der Waals surface area contributed by atoms with Gasteiger partial charge >= 0.3 is 0 Å². The summed E-state index contributed by atoms with van der Waals surface area (Å²) in [6.07, 6.45) is 12.8. The molecule has 482 valence electrons. The minimum Gasteiger partial charge on any atom is -0.493 e. The Kier molecular flexibility index (Phi) is 26.7. The number of carbonyl (C=O) groups excluding carboxylic acids is 3. The number of methoxy groups -OCH3 is 5. The molecule has 5 aromatic rings. The molecule has 87 heavy (non-hydrogen) atoms. The van der Waals surface area contributed by atoms with E-state index in [-0.39, 0.29) is 47.9 Å². The lowest BCUT2D eigenvalue weighted by atomic mass is 9.88. The lowest BCUT2D eigenvalue weighted by Gasteiger charge is -2.37. The Morgan fingerprint density at radius 3 is 1.67 bits per heavy atom. The molecule has 6 aliphatic rings. The number of nitrogens with two attached hydrogens (primary N) is 2. The van der Waals surface area contributed by atoms with Gasteiger partial charge in [-0.2, -0.15) is 18.4 Å². The number of ketones is 1. The van der Waals surface area contributed by atoms with Crippen LogP contribution in [0.5, 0.6) is 34.5 Å². The SMILES string of the molecule is CCC(CCCCC1CCC2CC(=O)CC12)OC.COc1cc2nc(N3CCN(C(=O)C4CCCO4)CC3)nc(N)c2cc1OC.COc1cc2nc(N3CCN(C(=O)C4COc5ccccc5O4)CC3)nc(N)c2cc1OC.CS(=O)(=O)O.Cl.O.O. The number of amides is 2. The summed E-state index contributed by atoms with van der Waals surface area (Å²) in [4.78, 5) is 63.0. The number of halogens is 1. The Labute approximate surface area is 514 Å². The van der Waals surface area contributed by atoms with Crippen LogP contribution in [0.15, 0.2) is 48.5 Å². The van der Waals surface area contributed by atoms with Crippen molar-refractivity contribution in [2.24, 2.45) is 17.8 Å². The van der Waals surface area contributed by atoms with E-state index in [0.29, 0.717) is 157 Å². The van der Waals surface area contributed by atoms with Gasteiger partial charge in [0.05, 0.1) is 51.8 Å². The normalized spacial score (nSPS) is 20.6. The highest BCUT2D eigenvalue weighted by Gasteiger charge is 2.42. The maximum atomic E-state index is 13.0. The van der Waals surface area contributed by atoms with Gasteiger partial charge in [0.15, 0.2) is 34.5 Å². The quantitative estimate of drug-likeness (QED) is 0.0914. The van der Waals surface area contributed by atoms with Gasteiger partial charge in [-0.15, -0.1) is 12.4 Å². The summed E-state index contributed by atoms with van der Waals surface area (Å²) >= 11 is 0. The van der Waals surface area contributed by atoms with Gasteiger partial charge in [0, 0.05) is 102 Å². The monoisotopic (exact) mass is 1260 g/mol. The number of hydrogen-bond acceptors (Lipinski definition) is 21. The molecule has 6 unspecified atom stereocenters. The highest BCUT2D eigenvalue weighted by molar-refractivity contribution is 7.85.